The molecular weight excluding hydrogens is 188 g/mol. The van der Waals surface area contributed by atoms with Gasteiger partial charge >= 0.3 is 0 Å². The molecule has 0 aromatic heterocycles. The third kappa shape index (κ3) is 2.03. The average molecular weight is 198 g/mol. The van der Waals surface area contributed by atoms with Gasteiger partial charge in [-0.25, -0.2) is 0 Å². The van der Waals surface area contributed by atoms with Crippen LogP contribution in [0.5, 0.6) is 0 Å². The predicted octanol–water partition coefficient (Wildman–Crippen LogP) is 0.707. The van der Waals surface area contributed by atoms with Gasteiger partial charge in [0.05, 0.1) is 17.3 Å². The Bertz CT molecular complexity index is 450. The summed E-state index contributed by atoms with van der Waals surface area (Å²) in [6, 6.07) is 9.32. The molecule has 3 N–H and O–H groups in total. The third-order valence-corrected chi connectivity index (χ3v) is 2.11. The minimum absolute atomic E-state index is 0.216. The van der Waals surface area contributed by atoms with E-state index in [9.17, 15) is 0 Å². The molecule has 74 valence electrons. The van der Waals surface area contributed by atoms with Crippen molar-refractivity contribution in [1.29, 1.82) is 5.26 Å². The van der Waals surface area contributed by atoms with Crippen LogP contribution in [0.15, 0.2) is 41.5 Å². The van der Waals surface area contributed by atoms with Gasteiger partial charge in [0.1, 0.15) is 6.17 Å². The SMILES string of the molecule is N#Cc1ccc(C2=NNC(N)C=C2)cc1. The first-order chi connectivity index (χ1) is 7.29. The number of hydrazone groups is 1. The first-order valence-corrected chi connectivity index (χ1v) is 4.57. The van der Waals surface area contributed by atoms with Gasteiger partial charge in [0, 0.05) is 5.56 Å². The lowest BCUT2D eigenvalue weighted by Crippen LogP contribution is -2.34. The lowest BCUT2D eigenvalue weighted by Gasteiger charge is -2.13. The number of nitriles is 1. The normalized spacial score (nSPS) is 18.9. The van der Waals surface area contributed by atoms with Gasteiger partial charge in [-0.2, -0.15) is 10.4 Å². The molecule has 1 aromatic rings. The van der Waals surface area contributed by atoms with E-state index in [-0.39, 0.29) is 6.17 Å². The number of benzene rings is 1. The molecular formula is C11H10N4. The van der Waals surface area contributed by atoms with Crippen molar-refractivity contribution in [2.45, 2.75) is 6.17 Å². The third-order valence-electron chi connectivity index (χ3n) is 2.11. The first kappa shape index (κ1) is 9.44. The standard InChI is InChI=1S/C11H10N4/c12-7-8-1-3-9(4-2-8)10-5-6-11(13)15-14-10/h1-6,11,15H,13H2. The Labute approximate surface area is 87.7 Å². The summed E-state index contributed by atoms with van der Waals surface area (Å²) in [5.74, 6) is 0. The fourth-order valence-corrected chi connectivity index (χ4v) is 1.30. The maximum atomic E-state index is 8.65. The second-order valence-corrected chi connectivity index (χ2v) is 3.20. The molecule has 1 aromatic carbocycles. The van der Waals surface area contributed by atoms with Crippen molar-refractivity contribution < 1.29 is 0 Å². The summed E-state index contributed by atoms with van der Waals surface area (Å²) in [4.78, 5) is 0. The van der Waals surface area contributed by atoms with E-state index >= 15 is 0 Å². The van der Waals surface area contributed by atoms with Gasteiger partial charge in [-0.15, -0.1) is 0 Å². The van der Waals surface area contributed by atoms with E-state index < -0.39 is 0 Å². The highest BCUT2D eigenvalue weighted by Gasteiger charge is 2.06. The zero-order valence-corrected chi connectivity index (χ0v) is 8.01. The summed E-state index contributed by atoms with van der Waals surface area (Å²) < 4.78 is 0. The van der Waals surface area contributed by atoms with Crippen LogP contribution in [0.2, 0.25) is 0 Å². The zero-order chi connectivity index (χ0) is 10.7. The quantitative estimate of drug-likeness (QED) is 0.697. The Morgan fingerprint density at radius 1 is 1.33 bits per heavy atom. The van der Waals surface area contributed by atoms with Crippen LogP contribution in [0.4, 0.5) is 0 Å². The second-order valence-electron chi connectivity index (χ2n) is 3.20. The molecule has 0 spiro atoms. The molecule has 0 amide bonds. The van der Waals surface area contributed by atoms with Crippen LogP contribution in [0.3, 0.4) is 0 Å². The lowest BCUT2D eigenvalue weighted by atomic mass is 10.1. The molecule has 1 aliphatic rings. The van der Waals surface area contributed by atoms with Crippen molar-refractivity contribution in [2.75, 3.05) is 0 Å². The molecule has 2 rings (SSSR count). The number of hydrogen-bond donors (Lipinski definition) is 2. The van der Waals surface area contributed by atoms with Gasteiger partial charge in [0.25, 0.3) is 0 Å². The molecule has 0 aliphatic carbocycles. The van der Waals surface area contributed by atoms with Crippen molar-refractivity contribution in [3.63, 3.8) is 0 Å². The van der Waals surface area contributed by atoms with E-state index in [2.05, 4.69) is 16.6 Å². The van der Waals surface area contributed by atoms with E-state index in [4.69, 9.17) is 11.0 Å². The van der Waals surface area contributed by atoms with Crippen LogP contribution in [-0.4, -0.2) is 11.9 Å². The largest absolute Gasteiger partial charge is 0.307 e. The van der Waals surface area contributed by atoms with Crippen LogP contribution in [0.1, 0.15) is 11.1 Å². The Balaban J connectivity index is 2.25. The van der Waals surface area contributed by atoms with Crippen molar-refractivity contribution in [2.24, 2.45) is 10.8 Å². The summed E-state index contributed by atoms with van der Waals surface area (Å²) in [6.45, 7) is 0. The molecule has 0 fully saturated rings. The van der Waals surface area contributed by atoms with E-state index in [1.165, 1.54) is 0 Å². The van der Waals surface area contributed by atoms with Gasteiger partial charge in [0.2, 0.25) is 0 Å². The van der Waals surface area contributed by atoms with Gasteiger partial charge in [-0.3, -0.25) is 5.43 Å². The fourth-order valence-electron chi connectivity index (χ4n) is 1.30. The Kier molecular flexibility index (Phi) is 2.48. The van der Waals surface area contributed by atoms with Gasteiger partial charge in [0.15, 0.2) is 0 Å². The molecule has 4 heteroatoms. The summed E-state index contributed by atoms with van der Waals surface area (Å²) in [7, 11) is 0. The van der Waals surface area contributed by atoms with Crippen molar-refractivity contribution >= 4 is 5.71 Å². The molecule has 0 saturated carbocycles. The molecule has 1 heterocycles. The van der Waals surface area contributed by atoms with Crippen LogP contribution in [-0.2, 0) is 0 Å². The molecule has 1 atom stereocenters. The Morgan fingerprint density at radius 3 is 2.60 bits per heavy atom. The lowest BCUT2D eigenvalue weighted by molar-refractivity contribution is 0.640. The van der Waals surface area contributed by atoms with Crippen LogP contribution in [0.25, 0.3) is 0 Å². The number of nitrogens with two attached hydrogens (primary N) is 1. The average Bonchev–Trinajstić information content (AvgIpc) is 2.30. The fraction of sp³-hybridized carbons (Fsp3) is 0.0909. The first-order valence-electron chi connectivity index (χ1n) is 4.57. The maximum Gasteiger partial charge on any atom is 0.110 e. The van der Waals surface area contributed by atoms with Crippen LogP contribution in [0, 0.1) is 11.3 Å². The topological polar surface area (TPSA) is 74.2 Å². The number of hydrogen-bond acceptors (Lipinski definition) is 4. The van der Waals surface area contributed by atoms with Crippen molar-refractivity contribution in [1.82, 2.24) is 5.43 Å². The number of nitrogens with one attached hydrogen (secondary N) is 1. The second kappa shape index (κ2) is 3.95. The van der Waals surface area contributed by atoms with E-state index in [0.717, 1.165) is 11.3 Å². The van der Waals surface area contributed by atoms with Gasteiger partial charge in [-0.05, 0) is 24.3 Å². The van der Waals surface area contributed by atoms with Crippen LogP contribution < -0.4 is 11.2 Å². The monoisotopic (exact) mass is 198 g/mol. The smallest absolute Gasteiger partial charge is 0.110 e. The molecule has 1 aliphatic heterocycles. The molecule has 0 saturated heterocycles. The number of rotatable bonds is 1. The zero-order valence-electron chi connectivity index (χ0n) is 8.01. The van der Waals surface area contributed by atoms with Crippen molar-refractivity contribution in [3.05, 3.63) is 47.5 Å². The summed E-state index contributed by atoms with van der Waals surface area (Å²) in [5, 5.41) is 12.8. The predicted molar refractivity (Wildman–Crippen MR) is 57.9 cm³/mol. The maximum absolute atomic E-state index is 8.65. The highest BCUT2D eigenvalue weighted by molar-refractivity contribution is 6.08. The van der Waals surface area contributed by atoms with E-state index in [1.54, 1.807) is 12.1 Å². The van der Waals surface area contributed by atoms with E-state index in [1.807, 2.05) is 24.3 Å². The van der Waals surface area contributed by atoms with Crippen molar-refractivity contribution in [3.8, 4) is 6.07 Å². The minimum atomic E-state index is -0.216. The van der Waals surface area contributed by atoms with E-state index in [0.29, 0.717) is 5.56 Å². The number of nitrogens with zero attached hydrogens (tertiary/aromatic N) is 2. The molecule has 0 bridgehead atoms. The molecule has 15 heavy (non-hydrogen) atoms. The van der Waals surface area contributed by atoms with Crippen LogP contribution >= 0.6 is 0 Å². The highest BCUT2D eigenvalue weighted by Crippen LogP contribution is 2.07. The van der Waals surface area contributed by atoms with Gasteiger partial charge < -0.3 is 5.73 Å². The van der Waals surface area contributed by atoms with Gasteiger partial charge in [-0.1, -0.05) is 12.1 Å². The molecule has 4 nitrogen and oxygen atoms in total. The summed E-state index contributed by atoms with van der Waals surface area (Å²) in [5.41, 5.74) is 10.8. The summed E-state index contributed by atoms with van der Waals surface area (Å²) in [6.07, 6.45) is 3.48. The Morgan fingerprint density at radius 2 is 2.07 bits per heavy atom. The number of allylic oxidation sites excluding steroid dienone is 1. The molecule has 0 radical (unpaired) electrons. The molecule has 1 unspecified atom stereocenters. The highest BCUT2D eigenvalue weighted by atomic mass is 15.3. The summed E-state index contributed by atoms with van der Waals surface area (Å²) >= 11 is 0. The minimum Gasteiger partial charge on any atom is -0.307 e. The Hall–Kier alpha value is -2.12.